The van der Waals surface area contributed by atoms with Crippen LogP contribution < -0.4 is 0 Å². The highest BCUT2D eigenvalue weighted by Gasteiger charge is 2.20. The Balaban J connectivity index is 1.49. The lowest BCUT2D eigenvalue weighted by Crippen LogP contribution is -2.08. The number of rotatable bonds is 4. The predicted octanol–water partition coefficient (Wildman–Crippen LogP) is 4.37. The molecule has 0 saturated heterocycles. The Hall–Kier alpha value is -0.860. The Morgan fingerprint density at radius 2 is 1.58 bits per heavy atom. The van der Waals surface area contributed by atoms with Crippen molar-refractivity contribution in [2.45, 2.75) is 83.0 Å². The number of H-pyrrole nitrogens is 1. The molecule has 2 aliphatic carbocycles. The molecule has 1 aromatic heterocycles. The first kappa shape index (κ1) is 13.1. The molecule has 0 radical (unpaired) electrons. The van der Waals surface area contributed by atoms with E-state index >= 15 is 0 Å². The summed E-state index contributed by atoms with van der Waals surface area (Å²) in [6.07, 6.45) is 16.3. The third-order valence-corrected chi connectivity index (χ3v) is 5.03. The van der Waals surface area contributed by atoms with E-state index in [1.165, 1.54) is 70.6 Å². The van der Waals surface area contributed by atoms with Crippen LogP contribution in [0.15, 0.2) is 0 Å². The van der Waals surface area contributed by atoms with E-state index in [4.69, 9.17) is 4.98 Å². The van der Waals surface area contributed by atoms with E-state index in [2.05, 4.69) is 10.2 Å². The largest absolute Gasteiger partial charge is 0.263 e. The standard InChI is InChI=1S/C16H27N3/c1-3-7-13(8-4-1)11-12-15-17-16(19-18-15)14-9-5-2-6-10-14/h13-14H,1-12H2,(H,17,18,19). The zero-order chi connectivity index (χ0) is 12.9. The average Bonchev–Trinajstić information content (AvgIpc) is 2.96. The Morgan fingerprint density at radius 1 is 0.895 bits per heavy atom. The van der Waals surface area contributed by atoms with Crippen LogP contribution in [-0.2, 0) is 6.42 Å². The Kier molecular flexibility index (Phi) is 4.52. The molecule has 2 saturated carbocycles. The average molecular weight is 261 g/mol. The molecule has 1 heterocycles. The fraction of sp³-hybridized carbons (Fsp3) is 0.875. The minimum Gasteiger partial charge on any atom is -0.263 e. The van der Waals surface area contributed by atoms with Gasteiger partial charge in [-0.05, 0) is 25.2 Å². The zero-order valence-corrected chi connectivity index (χ0v) is 12.0. The first-order valence-corrected chi connectivity index (χ1v) is 8.33. The van der Waals surface area contributed by atoms with E-state index < -0.39 is 0 Å². The van der Waals surface area contributed by atoms with Gasteiger partial charge in [-0.15, -0.1) is 0 Å². The first-order valence-electron chi connectivity index (χ1n) is 8.33. The van der Waals surface area contributed by atoms with Crippen LogP contribution in [0.3, 0.4) is 0 Å². The van der Waals surface area contributed by atoms with Gasteiger partial charge in [0.1, 0.15) is 5.82 Å². The van der Waals surface area contributed by atoms with E-state index in [1.807, 2.05) is 0 Å². The van der Waals surface area contributed by atoms with Crippen LogP contribution in [0.25, 0.3) is 0 Å². The molecule has 3 rings (SSSR count). The smallest absolute Gasteiger partial charge is 0.153 e. The summed E-state index contributed by atoms with van der Waals surface area (Å²) < 4.78 is 0. The Morgan fingerprint density at radius 3 is 2.32 bits per heavy atom. The minimum atomic E-state index is 0.633. The lowest BCUT2D eigenvalue weighted by Gasteiger charge is -2.20. The molecule has 106 valence electrons. The number of hydrogen-bond donors (Lipinski definition) is 1. The van der Waals surface area contributed by atoms with Crippen molar-refractivity contribution in [3.8, 4) is 0 Å². The summed E-state index contributed by atoms with van der Waals surface area (Å²) >= 11 is 0. The maximum atomic E-state index is 4.75. The zero-order valence-electron chi connectivity index (χ0n) is 12.0. The van der Waals surface area contributed by atoms with Crippen LogP contribution in [0.4, 0.5) is 0 Å². The van der Waals surface area contributed by atoms with Crippen molar-refractivity contribution < 1.29 is 0 Å². The van der Waals surface area contributed by atoms with Gasteiger partial charge in [0.2, 0.25) is 0 Å². The summed E-state index contributed by atoms with van der Waals surface area (Å²) in [7, 11) is 0. The molecule has 0 atom stereocenters. The fourth-order valence-electron chi connectivity index (χ4n) is 3.78. The number of aryl methyl sites for hydroxylation is 1. The second-order valence-electron chi connectivity index (χ2n) is 6.52. The van der Waals surface area contributed by atoms with Crippen molar-refractivity contribution in [3.63, 3.8) is 0 Å². The van der Waals surface area contributed by atoms with E-state index in [0.29, 0.717) is 5.92 Å². The Labute approximate surface area is 116 Å². The molecule has 3 heteroatoms. The number of nitrogens with one attached hydrogen (secondary N) is 1. The van der Waals surface area contributed by atoms with Crippen molar-refractivity contribution in [1.29, 1.82) is 0 Å². The van der Waals surface area contributed by atoms with Crippen LogP contribution in [0.1, 0.15) is 88.2 Å². The molecular weight excluding hydrogens is 234 g/mol. The lowest BCUT2D eigenvalue weighted by molar-refractivity contribution is 0.337. The van der Waals surface area contributed by atoms with E-state index in [9.17, 15) is 0 Å². The van der Waals surface area contributed by atoms with Gasteiger partial charge in [0, 0.05) is 12.3 Å². The van der Waals surface area contributed by atoms with Crippen LogP contribution in [-0.4, -0.2) is 15.2 Å². The molecule has 1 N–H and O–H groups in total. The summed E-state index contributed by atoms with van der Waals surface area (Å²) in [5, 5.41) is 7.65. The van der Waals surface area contributed by atoms with Crippen LogP contribution in [0.2, 0.25) is 0 Å². The highest BCUT2D eigenvalue weighted by molar-refractivity contribution is 4.99. The number of aromatic nitrogens is 3. The molecule has 2 aliphatic rings. The van der Waals surface area contributed by atoms with E-state index in [1.54, 1.807) is 0 Å². The summed E-state index contributed by atoms with van der Waals surface area (Å²) in [4.78, 5) is 4.75. The van der Waals surface area contributed by atoms with Gasteiger partial charge in [0.25, 0.3) is 0 Å². The molecule has 1 aromatic rings. The van der Waals surface area contributed by atoms with Crippen molar-refractivity contribution in [2.75, 3.05) is 0 Å². The quantitative estimate of drug-likeness (QED) is 0.874. The topological polar surface area (TPSA) is 41.6 Å². The van der Waals surface area contributed by atoms with Crippen LogP contribution >= 0.6 is 0 Å². The minimum absolute atomic E-state index is 0.633. The van der Waals surface area contributed by atoms with Gasteiger partial charge < -0.3 is 0 Å². The normalized spacial score (nSPS) is 22.7. The van der Waals surface area contributed by atoms with Crippen molar-refractivity contribution in [2.24, 2.45) is 5.92 Å². The molecule has 0 amide bonds. The van der Waals surface area contributed by atoms with Gasteiger partial charge in [0.15, 0.2) is 5.82 Å². The molecule has 0 spiro atoms. The van der Waals surface area contributed by atoms with Crippen molar-refractivity contribution >= 4 is 0 Å². The van der Waals surface area contributed by atoms with E-state index in [0.717, 1.165) is 24.0 Å². The number of aromatic amines is 1. The second-order valence-corrected chi connectivity index (χ2v) is 6.52. The molecule has 0 unspecified atom stereocenters. The van der Waals surface area contributed by atoms with Gasteiger partial charge in [-0.2, -0.15) is 5.10 Å². The predicted molar refractivity (Wildman–Crippen MR) is 77.1 cm³/mol. The molecule has 19 heavy (non-hydrogen) atoms. The van der Waals surface area contributed by atoms with E-state index in [-0.39, 0.29) is 0 Å². The lowest BCUT2D eigenvalue weighted by atomic mass is 9.86. The molecule has 3 nitrogen and oxygen atoms in total. The first-order chi connectivity index (χ1) is 9.42. The number of nitrogens with zero attached hydrogens (tertiary/aromatic N) is 2. The maximum absolute atomic E-state index is 4.75. The van der Waals surface area contributed by atoms with Gasteiger partial charge in [-0.1, -0.05) is 51.4 Å². The van der Waals surface area contributed by atoms with Gasteiger partial charge in [0.05, 0.1) is 0 Å². The molecular formula is C16H27N3. The van der Waals surface area contributed by atoms with Gasteiger partial charge in [-0.25, -0.2) is 4.98 Å². The third-order valence-electron chi connectivity index (χ3n) is 5.03. The summed E-state index contributed by atoms with van der Waals surface area (Å²) in [5.74, 6) is 3.80. The monoisotopic (exact) mass is 261 g/mol. The maximum Gasteiger partial charge on any atom is 0.153 e. The van der Waals surface area contributed by atoms with Gasteiger partial charge in [-0.3, -0.25) is 5.10 Å². The van der Waals surface area contributed by atoms with Crippen LogP contribution in [0.5, 0.6) is 0 Å². The molecule has 0 bridgehead atoms. The van der Waals surface area contributed by atoms with Crippen LogP contribution in [0, 0.1) is 5.92 Å². The number of hydrogen-bond acceptors (Lipinski definition) is 2. The highest BCUT2D eigenvalue weighted by atomic mass is 15.2. The highest BCUT2D eigenvalue weighted by Crippen LogP contribution is 2.31. The third kappa shape index (κ3) is 3.58. The summed E-state index contributed by atoms with van der Waals surface area (Å²) in [6.45, 7) is 0. The Bertz CT molecular complexity index is 373. The molecule has 0 aromatic carbocycles. The SMILES string of the molecule is C1CCC(CCc2nc(C3CCCCC3)n[nH]2)CC1. The molecule has 0 aliphatic heterocycles. The summed E-state index contributed by atoms with van der Waals surface area (Å²) in [5.41, 5.74) is 0. The second kappa shape index (κ2) is 6.53. The fourth-order valence-corrected chi connectivity index (χ4v) is 3.78. The van der Waals surface area contributed by atoms with Gasteiger partial charge >= 0.3 is 0 Å². The van der Waals surface area contributed by atoms with Crippen molar-refractivity contribution in [3.05, 3.63) is 11.6 Å². The summed E-state index contributed by atoms with van der Waals surface area (Å²) in [6, 6.07) is 0. The van der Waals surface area contributed by atoms with Crippen molar-refractivity contribution in [1.82, 2.24) is 15.2 Å². The molecule has 2 fully saturated rings.